The molecule has 22 heavy (non-hydrogen) atoms. The quantitative estimate of drug-likeness (QED) is 0.788. The zero-order valence-corrected chi connectivity index (χ0v) is 14.0. The Balaban J connectivity index is 1.64. The molecule has 0 saturated carbocycles. The summed E-state index contributed by atoms with van der Waals surface area (Å²) in [4.78, 5) is 14.0. The van der Waals surface area contributed by atoms with Crippen molar-refractivity contribution >= 4 is 5.91 Å². The molecule has 1 aliphatic rings. The van der Waals surface area contributed by atoms with E-state index >= 15 is 0 Å². The summed E-state index contributed by atoms with van der Waals surface area (Å²) in [6.07, 6.45) is 3.48. The SMILES string of the molecule is Cc1ccc(C)c(OCCCCC(=O)N(C)C2CCNC2)c1. The number of amides is 1. The van der Waals surface area contributed by atoms with Gasteiger partial charge < -0.3 is 15.0 Å². The van der Waals surface area contributed by atoms with E-state index < -0.39 is 0 Å². The third-order valence-electron chi connectivity index (χ3n) is 4.36. The van der Waals surface area contributed by atoms with Crippen molar-refractivity contribution in [2.75, 3.05) is 26.7 Å². The summed E-state index contributed by atoms with van der Waals surface area (Å²) in [5.74, 6) is 1.21. The molecule has 1 amide bonds. The third-order valence-corrected chi connectivity index (χ3v) is 4.36. The van der Waals surface area contributed by atoms with E-state index in [0.29, 0.717) is 19.1 Å². The number of carbonyl (C=O) groups excluding carboxylic acids is 1. The van der Waals surface area contributed by atoms with Crippen LogP contribution in [0.3, 0.4) is 0 Å². The first-order valence-corrected chi connectivity index (χ1v) is 8.24. The van der Waals surface area contributed by atoms with Crippen LogP contribution < -0.4 is 10.1 Å². The van der Waals surface area contributed by atoms with Crippen molar-refractivity contribution < 1.29 is 9.53 Å². The Bertz CT molecular complexity index is 496. The number of hydrogen-bond acceptors (Lipinski definition) is 3. The standard InChI is InChI=1S/C18H28N2O2/c1-14-7-8-15(2)17(12-14)22-11-5-4-6-18(21)20(3)16-9-10-19-13-16/h7-8,12,16,19H,4-6,9-11,13H2,1-3H3. The van der Waals surface area contributed by atoms with Crippen LogP contribution in [-0.2, 0) is 4.79 Å². The molecule has 1 unspecified atom stereocenters. The Morgan fingerprint density at radius 3 is 2.91 bits per heavy atom. The van der Waals surface area contributed by atoms with Crippen LogP contribution in [0.1, 0.15) is 36.8 Å². The van der Waals surface area contributed by atoms with Crippen LogP contribution in [0.15, 0.2) is 18.2 Å². The smallest absolute Gasteiger partial charge is 0.222 e. The minimum absolute atomic E-state index is 0.250. The molecule has 1 saturated heterocycles. The number of hydrogen-bond donors (Lipinski definition) is 1. The highest BCUT2D eigenvalue weighted by molar-refractivity contribution is 5.76. The highest BCUT2D eigenvalue weighted by Crippen LogP contribution is 2.19. The molecule has 0 aromatic heterocycles. The second-order valence-corrected chi connectivity index (χ2v) is 6.23. The Hall–Kier alpha value is -1.55. The van der Waals surface area contributed by atoms with Crippen LogP contribution in [0, 0.1) is 13.8 Å². The first-order chi connectivity index (χ1) is 10.6. The molecule has 1 heterocycles. The Kier molecular flexibility index (Phi) is 6.25. The molecular weight excluding hydrogens is 276 g/mol. The predicted octanol–water partition coefficient (Wildman–Crippen LogP) is 2.67. The van der Waals surface area contributed by atoms with Crippen molar-refractivity contribution in [1.29, 1.82) is 0 Å². The number of nitrogens with one attached hydrogen (secondary N) is 1. The van der Waals surface area contributed by atoms with Crippen molar-refractivity contribution in [3.63, 3.8) is 0 Å². The molecule has 1 aromatic carbocycles. The molecule has 0 spiro atoms. The molecule has 122 valence electrons. The Labute approximate surface area is 133 Å². The van der Waals surface area contributed by atoms with Crippen molar-refractivity contribution in [3.8, 4) is 5.75 Å². The molecule has 4 nitrogen and oxygen atoms in total. The van der Waals surface area contributed by atoms with E-state index in [9.17, 15) is 4.79 Å². The maximum atomic E-state index is 12.1. The topological polar surface area (TPSA) is 41.6 Å². The number of likely N-dealkylation sites (N-methyl/N-ethyl adjacent to an activating group) is 1. The molecule has 1 N–H and O–H groups in total. The van der Waals surface area contributed by atoms with E-state index in [1.807, 2.05) is 11.9 Å². The second kappa shape index (κ2) is 8.18. The summed E-state index contributed by atoms with van der Waals surface area (Å²) in [6.45, 7) is 6.75. The lowest BCUT2D eigenvalue weighted by Crippen LogP contribution is -2.38. The van der Waals surface area contributed by atoms with Crippen molar-refractivity contribution in [2.24, 2.45) is 0 Å². The van der Waals surface area contributed by atoms with Crippen molar-refractivity contribution in [1.82, 2.24) is 10.2 Å². The number of benzene rings is 1. The number of nitrogens with zero attached hydrogens (tertiary/aromatic N) is 1. The van der Waals surface area contributed by atoms with Gasteiger partial charge in [0, 0.05) is 26.1 Å². The van der Waals surface area contributed by atoms with E-state index in [1.165, 1.54) is 5.56 Å². The number of carbonyl (C=O) groups is 1. The third kappa shape index (κ3) is 4.73. The maximum Gasteiger partial charge on any atom is 0.222 e. The highest BCUT2D eigenvalue weighted by atomic mass is 16.5. The number of rotatable bonds is 7. The largest absolute Gasteiger partial charge is 0.493 e. The first kappa shape index (κ1) is 16.8. The number of aryl methyl sites for hydroxylation is 2. The average molecular weight is 304 g/mol. The lowest BCUT2D eigenvalue weighted by Gasteiger charge is -2.23. The summed E-state index contributed by atoms with van der Waals surface area (Å²) in [5, 5.41) is 3.30. The molecule has 0 radical (unpaired) electrons. The second-order valence-electron chi connectivity index (χ2n) is 6.23. The fourth-order valence-corrected chi connectivity index (χ4v) is 2.77. The normalized spacial score (nSPS) is 17.5. The lowest BCUT2D eigenvalue weighted by atomic mass is 10.1. The lowest BCUT2D eigenvalue weighted by molar-refractivity contribution is -0.131. The van der Waals surface area contributed by atoms with Crippen LogP contribution in [-0.4, -0.2) is 43.6 Å². The molecule has 1 aliphatic heterocycles. The minimum atomic E-state index is 0.250. The zero-order chi connectivity index (χ0) is 15.9. The zero-order valence-electron chi connectivity index (χ0n) is 14.0. The van der Waals surface area contributed by atoms with Gasteiger partial charge in [-0.2, -0.15) is 0 Å². The van der Waals surface area contributed by atoms with Gasteiger partial charge in [0.1, 0.15) is 5.75 Å². The van der Waals surface area contributed by atoms with Gasteiger partial charge in [0.25, 0.3) is 0 Å². The first-order valence-electron chi connectivity index (χ1n) is 8.24. The number of ether oxygens (including phenoxy) is 1. The molecule has 0 bridgehead atoms. The maximum absolute atomic E-state index is 12.1. The Morgan fingerprint density at radius 2 is 2.18 bits per heavy atom. The average Bonchev–Trinajstić information content (AvgIpc) is 3.03. The fourth-order valence-electron chi connectivity index (χ4n) is 2.77. The monoisotopic (exact) mass is 304 g/mol. The fraction of sp³-hybridized carbons (Fsp3) is 0.611. The van der Waals surface area contributed by atoms with Gasteiger partial charge in [-0.15, -0.1) is 0 Å². The van der Waals surface area contributed by atoms with Crippen LogP contribution in [0.4, 0.5) is 0 Å². The summed E-state index contributed by atoms with van der Waals surface area (Å²) in [5.41, 5.74) is 2.37. The highest BCUT2D eigenvalue weighted by Gasteiger charge is 2.22. The predicted molar refractivity (Wildman–Crippen MR) is 89.3 cm³/mol. The molecule has 4 heteroatoms. The van der Waals surface area contributed by atoms with Gasteiger partial charge in [0.05, 0.1) is 6.61 Å². The van der Waals surface area contributed by atoms with E-state index in [2.05, 4.69) is 37.4 Å². The molecule has 1 aromatic rings. The summed E-state index contributed by atoms with van der Waals surface area (Å²) in [7, 11) is 1.92. The van der Waals surface area contributed by atoms with Gasteiger partial charge in [-0.05, 0) is 56.8 Å². The van der Waals surface area contributed by atoms with Gasteiger partial charge in [-0.25, -0.2) is 0 Å². The number of unbranched alkanes of at least 4 members (excludes halogenated alkanes) is 1. The van der Waals surface area contributed by atoms with Crippen LogP contribution in [0.2, 0.25) is 0 Å². The van der Waals surface area contributed by atoms with Gasteiger partial charge in [0.15, 0.2) is 0 Å². The van der Waals surface area contributed by atoms with E-state index in [-0.39, 0.29) is 5.91 Å². The van der Waals surface area contributed by atoms with Gasteiger partial charge in [0.2, 0.25) is 5.91 Å². The van der Waals surface area contributed by atoms with Crippen molar-refractivity contribution in [2.45, 2.75) is 45.6 Å². The van der Waals surface area contributed by atoms with Crippen LogP contribution in [0.5, 0.6) is 5.75 Å². The molecular formula is C18H28N2O2. The van der Waals surface area contributed by atoms with Gasteiger partial charge >= 0.3 is 0 Å². The van der Waals surface area contributed by atoms with E-state index in [0.717, 1.165) is 43.7 Å². The molecule has 1 fully saturated rings. The van der Waals surface area contributed by atoms with Crippen LogP contribution in [0.25, 0.3) is 0 Å². The minimum Gasteiger partial charge on any atom is -0.493 e. The summed E-state index contributed by atoms with van der Waals surface area (Å²) < 4.78 is 5.82. The summed E-state index contributed by atoms with van der Waals surface area (Å²) in [6, 6.07) is 6.62. The molecule has 2 rings (SSSR count). The molecule has 1 atom stereocenters. The van der Waals surface area contributed by atoms with Crippen LogP contribution >= 0.6 is 0 Å². The summed E-state index contributed by atoms with van der Waals surface area (Å²) >= 11 is 0. The van der Waals surface area contributed by atoms with Crippen molar-refractivity contribution in [3.05, 3.63) is 29.3 Å². The Morgan fingerprint density at radius 1 is 1.36 bits per heavy atom. The van der Waals surface area contributed by atoms with E-state index in [1.54, 1.807) is 0 Å². The molecule has 0 aliphatic carbocycles. The van der Waals surface area contributed by atoms with Gasteiger partial charge in [-0.3, -0.25) is 4.79 Å². The van der Waals surface area contributed by atoms with E-state index in [4.69, 9.17) is 4.74 Å². The van der Waals surface area contributed by atoms with Gasteiger partial charge in [-0.1, -0.05) is 12.1 Å².